The molecule has 2 heteroatoms. The summed E-state index contributed by atoms with van der Waals surface area (Å²) in [6.45, 7) is 1.05. The molecule has 0 saturated heterocycles. The van der Waals surface area contributed by atoms with Gasteiger partial charge in [0.15, 0.2) is 0 Å². The molecule has 2 aromatic carbocycles. The molecule has 0 aliphatic heterocycles. The average Bonchev–Trinajstić information content (AvgIpc) is 2.49. The Bertz CT molecular complexity index is 522. The standard InChI is InChI=1S/C18H23NO/c1-19(2)14-13-16(15-9-5-4-6-10-15)17-11-7-8-12-18(17)20-3/h4-12,16H,13-14H2,1-3H3. The molecule has 0 saturated carbocycles. The first-order valence-electron chi connectivity index (χ1n) is 7.05. The van der Waals surface area contributed by atoms with Crippen LogP contribution in [-0.4, -0.2) is 32.6 Å². The largest absolute Gasteiger partial charge is 0.496 e. The van der Waals surface area contributed by atoms with Crippen molar-refractivity contribution in [1.29, 1.82) is 0 Å². The smallest absolute Gasteiger partial charge is 0.122 e. The molecule has 0 radical (unpaired) electrons. The Morgan fingerprint density at radius 3 is 2.25 bits per heavy atom. The molecule has 20 heavy (non-hydrogen) atoms. The van der Waals surface area contributed by atoms with Gasteiger partial charge in [0.1, 0.15) is 5.75 Å². The number of methoxy groups -OCH3 is 1. The molecule has 2 rings (SSSR count). The van der Waals surface area contributed by atoms with E-state index in [1.165, 1.54) is 11.1 Å². The highest BCUT2D eigenvalue weighted by Crippen LogP contribution is 2.34. The van der Waals surface area contributed by atoms with Crippen LogP contribution in [0.4, 0.5) is 0 Å². The van der Waals surface area contributed by atoms with E-state index in [1.807, 2.05) is 12.1 Å². The molecular formula is C18H23NO. The summed E-state index contributed by atoms with van der Waals surface area (Å²) in [6.07, 6.45) is 1.08. The van der Waals surface area contributed by atoms with Gasteiger partial charge in [0.2, 0.25) is 0 Å². The van der Waals surface area contributed by atoms with Crippen molar-refractivity contribution in [2.75, 3.05) is 27.7 Å². The van der Waals surface area contributed by atoms with Crippen LogP contribution in [0.15, 0.2) is 54.6 Å². The lowest BCUT2D eigenvalue weighted by atomic mass is 9.88. The van der Waals surface area contributed by atoms with Crippen molar-refractivity contribution in [2.45, 2.75) is 12.3 Å². The summed E-state index contributed by atoms with van der Waals surface area (Å²) in [7, 11) is 5.97. The van der Waals surface area contributed by atoms with Crippen molar-refractivity contribution in [1.82, 2.24) is 4.90 Å². The van der Waals surface area contributed by atoms with E-state index in [0.29, 0.717) is 5.92 Å². The number of benzene rings is 2. The normalized spacial score (nSPS) is 12.4. The molecule has 0 bridgehead atoms. The summed E-state index contributed by atoms with van der Waals surface area (Å²) in [5.41, 5.74) is 2.61. The topological polar surface area (TPSA) is 12.5 Å². The average molecular weight is 269 g/mol. The van der Waals surface area contributed by atoms with Gasteiger partial charge in [-0.05, 0) is 38.7 Å². The number of ether oxygens (including phenoxy) is 1. The molecule has 0 amide bonds. The molecule has 0 heterocycles. The lowest BCUT2D eigenvalue weighted by molar-refractivity contribution is 0.380. The van der Waals surface area contributed by atoms with Gasteiger partial charge in [0, 0.05) is 11.5 Å². The monoisotopic (exact) mass is 269 g/mol. The third-order valence-corrected chi connectivity index (χ3v) is 3.58. The highest BCUT2D eigenvalue weighted by atomic mass is 16.5. The van der Waals surface area contributed by atoms with E-state index in [-0.39, 0.29) is 0 Å². The van der Waals surface area contributed by atoms with Gasteiger partial charge < -0.3 is 9.64 Å². The second-order valence-electron chi connectivity index (χ2n) is 5.30. The van der Waals surface area contributed by atoms with Crippen LogP contribution in [-0.2, 0) is 0 Å². The molecule has 0 fully saturated rings. The summed E-state index contributed by atoms with van der Waals surface area (Å²) in [5, 5.41) is 0. The predicted octanol–water partition coefficient (Wildman–Crippen LogP) is 3.78. The van der Waals surface area contributed by atoms with E-state index in [0.717, 1.165) is 18.7 Å². The fourth-order valence-electron chi connectivity index (χ4n) is 2.53. The van der Waals surface area contributed by atoms with Crippen molar-refractivity contribution >= 4 is 0 Å². The number of hydrogen-bond acceptors (Lipinski definition) is 2. The summed E-state index contributed by atoms with van der Waals surface area (Å²) >= 11 is 0. The van der Waals surface area contributed by atoms with Crippen LogP contribution in [0.3, 0.4) is 0 Å². The Morgan fingerprint density at radius 1 is 0.950 bits per heavy atom. The number of para-hydroxylation sites is 1. The van der Waals surface area contributed by atoms with E-state index >= 15 is 0 Å². The highest BCUT2D eigenvalue weighted by molar-refractivity contribution is 5.42. The van der Waals surface area contributed by atoms with E-state index < -0.39 is 0 Å². The van der Waals surface area contributed by atoms with Crippen LogP contribution < -0.4 is 4.74 Å². The summed E-state index contributed by atoms with van der Waals surface area (Å²) in [6, 6.07) is 19.0. The lowest BCUT2D eigenvalue weighted by Gasteiger charge is -2.22. The van der Waals surface area contributed by atoms with Crippen LogP contribution in [0.5, 0.6) is 5.75 Å². The minimum Gasteiger partial charge on any atom is -0.496 e. The van der Waals surface area contributed by atoms with Gasteiger partial charge in [-0.15, -0.1) is 0 Å². The molecule has 2 aromatic rings. The maximum absolute atomic E-state index is 5.54. The molecule has 1 unspecified atom stereocenters. The second kappa shape index (κ2) is 7.11. The first-order chi connectivity index (χ1) is 9.72. The lowest BCUT2D eigenvalue weighted by Crippen LogP contribution is -2.17. The van der Waals surface area contributed by atoms with E-state index in [4.69, 9.17) is 4.74 Å². The first-order valence-corrected chi connectivity index (χ1v) is 7.05. The Hall–Kier alpha value is -1.80. The van der Waals surface area contributed by atoms with E-state index in [1.54, 1.807) is 7.11 Å². The maximum Gasteiger partial charge on any atom is 0.122 e. The fraction of sp³-hybridized carbons (Fsp3) is 0.333. The zero-order valence-electron chi connectivity index (χ0n) is 12.5. The molecular weight excluding hydrogens is 246 g/mol. The van der Waals surface area contributed by atoms with E-state index in [2.05, 4.69) is 61.5 Å². The van der Waals surface area contributed by atoms with Crippen LogP contribution in [0, 0.1) is 0 Å². The fourth-order valence-corrected chi connectivity index (χ4v) is 2.53. The van der Waals surface area contributed by atoms with Crippen LogP contribution in [0.25, 0.3) is 0 Å². The van der Waals surface area contributed by atoms with Crippen molar-refractivity contribution in [3.8, 4) is 5.75 Å². The number of rotatable bonds is 6. The van der Waals surface area contributed by atoms with Gasteiger partial charge in [0.05, 0.1) is 7.11 Å². The maximum atomic E-state index is 5.54. The second-order valence-corrected chi connectivity index (χ2v) is 5.30. The quantitative estimate of drug-likeness (QED) is 0.791. The van der Waals surface area contributed by atoms with Crippen molar-refractivity contribution in [2.24, 2.45) is 0 Å². The van der Waals surface area contributed by atoms with Gasteiger partial charge >= 0.3 is 0 Å². The molecule has 0 aliphatic rings. The molecule has 0 spiro atoms. The number of hydrogen-bond donors (Lipinski definition) is 0. The van der Waals surface area contributed by atoms with Crippen LogP contribution in [0.2, 0.25) is 0 Å². The molecule has 106 valence electrons. The zero-order valence-corrected chi connectivity index (χ0v) is 12.5. The van der Waals surface area contributed by atoms with Crippen molar-refractivity contribution in [3.63, 3.8) is 0 Å². The Labute approximate surface area is 122 Å². The third kappa shape index (κ3) is 3.61. The van der Waals surface area contributed by atoms with Gasteiger partial charge in [-0.3, -0.25) is 0 Å². The van der Waals surface area contributed by atoms with E-state index in [9.17, 15) is 0 Å². The Balaban J connectivity index is 2.35. The Morgan fingerprint density at radius 2 is 1.60 bits per heavy atom. The third-order valence-electron chi connectivity index (χ3n) is 3.58. The molecule has 0 N–H and O–H groups in total. The van der Waals surface area contributed by atoms with Crippen molar-refractivity contribution < 1.29 is 4.74 Å². The first kappa shape index (κ1) is 14.6. The summed E-state index contributed by atoms with van der Waals surface area (Å²) < 4.78 is 5.54. The van der Waals surface area contributed by atoms with Gasteiger partial charge in [0.25, 0.3) is 0 Å². The molecule has 0 aromatic heterocycles. The van der Waals surface area contributed by atoms with Crippen LogP contribution >= 0.6 is 0 Å². The summed E-state index contributed by atoms with van der Waals surface area (Å²) in [5.74, 6) is 1.34. The van der Waals surface area contributed by atoms with Crippen LogP contribution in [0.1, 0.15) is 23.5 Å². The van der Waals surface area contributed by atoms with Gasteiger partial charge in [-0.25, -0.2) is 0 Å². The Kier molecular flexibility index (Phi) is 5.19. The minimum absolute atomic E-state index is 0.370. The zero-order chi connectivity index (χ0) is 14.4. The van der Waals surface area contributed by atoms with Gasteiger partial charge in [-0.2, -0.15) is 0 Å². The summed E-state index contributed by atoms with van der Waals surface area (Å²) in [4.78, 5) is 2.23. The number of nitrogens with zero attached hydrogens (tertiary/aromatic N) is 1. The van der Waals surface area contributed by atoms with Crippen molar-refractivity contribution in [3.05, 3.63) is 65.7 Å². The van der Waals surface area contributed by atoms with Gasteiger partial charge in [-0.1, -0.05) is 48.5 Å². The molecule has 2 nitrogen and oxygen atoms in total. The SMILES string of the molecule is COc1ccccc1C(CCN(C)C)c1ccccc1. The molecule has 1 atom stereocenters. The minimum atomic E-state index is 0.370. The molecule has 0 aliphatic carbocycles. The highest BCUT2D eigenvalue weighted by Gasteiger charge is 2.17. The predicted molar refractivity (Wildman–Crippen MR) is 84.5 cm³/mol.